The minimum absolute atomic E-state index is 0.226. The highest BCUT2D eigenvalue weighted by Crippen LogP contribution is 2.02. The van der Waals surface area contributed by atoms with Gasteiger partial charge >= 0.3 is 0 Å². The van der Waals surface area contributed by atoms with Crippen molar-refractivity contribution >= 4 is 5.96 Å². The molecule has 124 valence electrons. The third-order valence-corrected chi connectivity index (χ3v) is 3.01. The van der Waals surface area contributed by atoms with E-state index >= 15 is 0 Å². The van der Waals surface area contributed by atoms with Crippen LogP contribution < -0.4 is 10.6 Å². The Morgan fingerprint density at radius 1 is 1.18 bits per heavy atom. The minimum atomic E-state index is -0.226. The summed E-state index contributed by atoms with van der Waals surface area (Å²) < 4.78 is 23.4. The molecule has 1 aromatic carbocycles. The summed E-state index contributed by atoms with van der Waals surface area (Å²) in [6.07, 6.45) is 1.98. The molecular weight excluding hydrogens is 285 g/mol. The van der Waals surface area contributed by atoms with Crippen molar-refractivity contribution in [3.63, 3.8) is 0 Å². The molecule has 0 fully saturated rings. The van der Waals surface area contributed by atoms with Crippen LogP contribution in [0.3, 0.4) is 0 Å². The van der Waals surface area contributed by atoms with E-state index in [1.807, 2.05) is 6.07 Å². The molecule has 0 amide bonds. The van der Waals surface area contributed by atoms with Crippen LogP contribution in [0.25, 0.3) is 0 Å². The lowest BCUT2D eigenvalue weighted by atomic mass is 10.2. The second kappa shape index (κ2) is 11.9. The van der Waals surface area contributed by atoms with Crippen molar-refractivity contribution < 1.29 is 13.9 Å². The van der Waals surface area contributed by atoms with Crippen LogP contribution in [0.1, 0.15) is 18.4 Å². The normalized spacial score (nSPS) is 11.5. The van der Waals surface area contributed by atoms with Gasteiger partial charge in [-0.15, -0.1) is 0 Å². The zero-order valence-corrected chi connectivity index (χ0v) is 13.4. The first kappa shape index (κ1) is 18.4. The van der Waals surface area contributed by atoms with Crippen molar-refractivity contribution in [1.29, 1.82) is 0 Å². The fraction of sp³-hybridized carbons (Fsp3) is 0.562. The molecule has 0 saturated carbocycles. The highest BCUT2D eigenvalue weighted by Gasteiger charge is 1.99. The molecule has 0 bridgehead atoms. The average Bonchev–Trinajstić information content (AvgIpc) is 2.53. The Morgan fingerprint density at radius 3 is 2.77 bits per heavy atom. The van der Waals surface area contributed by atoms with Gasteiger partial charge in [0, 0.05) is 33.9 Å². The summed E-state index contributed by atoms with van der Waals surface area (Å²) in [5, 5.41) is 6.38. The van der Waals surface area contributed by atoms with Crippen LogP contribution in [0.5, 0.6) is 0 Å². The largest absolute Gasteiger partial charge is 0.382 e. The molecular formula is C16H26FN3O2. The Kier molecular flexibility index (Phi) is 9.98. The number of guanidine groups is 1. The predicted octanol–water partition coefficient (Wildman–Crippen LogP) is 1.93. The maximum atomic E-state index is 13.1. The molecule has 0 aliphatic rings. The molecule has 22 heavy (non-hydrogen) atoms. The Morgan fingerprint density at radius 2 is 2.05 bits per heavy atom. The van der Waals surface area contributed by atoms with Crippen LogP contribution >= 0.6 is 0 Å². The van der Waals surface area contributed by atoms with Crippen molar-refractivity contribution in [2.75, 3.05) is 40.5 Å². The van der Waals surface area contributed by atoms with E-state index in [0.29, 0.717) is 25.7 Å². The molecule has 2 N–H and O–H groups in total. The third-order valence-electron chi connectivity index (χ3n) is 3.01. The maximum absolute atomic E-state index is 13.1. The topological polar surface area (TPSA) is 54.9 Å². The van der Waals surface area contributed by atoms with E-state index in [1.165, 1.54) is 12.1 Å². The standard InChI is InChI=1S/C16H26FN3O2/c1-18-16(19-8-3-4-9-22-11-10-21-2)20-13-14-6-5-7-15(17)12-14/h5-7,12H,3-4,8-11,13H2,1-2H3,(H2,18,19,20). The number of nitrogens with zero attached hydrogens (tertiary/aromatic N) is 1. The van der Waals surface area contributed by atoms with Crippen molar-refractivity contribution in [1.82, 2.24) is 10.6 Å². The first-order valence-electron chi connectivity index (χ1n) is 7.52. The molecule has 5 nitrogen and oxygen atoms in total. The van der Waals surface area contributed by atoms with Gasteiger partial charge in [0.2, 0.25) is 0 Å². The zero-order valence-electron chi connectivity index (χ0n) is 13.4. The van der Waals surface area contributed by atoms with E-state index in [-0.39, 0.29) is 5.82 Å². The lowest BCUT2D eigenvalue weighted by Gasteiger charge is -2.12. The van der Waals surface area contributed by atoms with Crippen molar-refractivity contribution in [2.24, 2.45) is 4.99 Å². The van der Waals surface area contributed by atoms with Crippen molar-refractivity contribution in [2.45, 2.75) is 19.4 Å². The molecule has 6 heteroatoms. The summed E-state index contributed by atoms with van der Waals surface area (Å²) in [7, 11) is 3.38. The van der Waals surface area contributed by atoms with E-state index in [2.05, 4.69) is 15.6 Å². The number of hydrogen-bond acceptors (Lipinski definition) is 3. The summed E-state index contributed by atoms with van der Waals surface area (Å²) >= 11 is 0. The van der Waals surface area contributed by atoms with Gasteiger partial charge in [0.25, 0.3) is 0 Å². The molecule has 0 aliphatic heterocycles. The Balaban J connectivity index is 2.10. The average molecular weight is 311 g/mol. The highest BCUT2D eigenvalue weighted by atomic mass is 19.1. The van der Waals surface area contributed by atoms with E-state index in [4.69, 9.17) is 9.47 Å². The number of halogens is 1. The summed E-state index contributed by atoms with van der Waals surface area (Å²) in [6, 6.07) is 6.52. The number of aliphatic imine (C=N–C) groups is 1. The van der Waals surface area contributed by atoms with E-state index in [9.17, 15) is 4.39 Å². The molecule has 1 aromatic rings. The van der Waals surface area contributed by atoms with E-state index in [0.717, 1.165) is 31.6 Å². The summed E-state index contributed by atoms with van der Waals surface area (Å²) in [5.41, 5.74) is 0.884. The predicted molar refractivity (Wildman–Crippen MR) is 86.5 cm³/mol. The molecule has 0 aliphatic carbocycles. The van der Waals surface area contributed by atoms with Crippen LogP contribution in [0.4, 0.5) is 4.39 Å². The van der Waals surface area contributed by atoms with Crippen LogP contribution in [-0.2, 0) is 16.0 Å². The Hall–Kier alpha value is -1.66. The van der Waals surface area contributed by atoms with Gasteiger partial charge in [-0.1, -0.05) is 12.1 Å². The quantitative estimate of drug-likeness (QED) is 0.394. The summed E-state index contributed by atoms with van der Waals surface area (Å²) in [6.45, 7) is 3.37. The van der Waals surface area contributed by atoms with Gasteiger partial charge in [-0.25, -0.2) is 4.39 Å². The van der Waals surface area contributed by atoms with Crippen LogP contribution in [0.15, 0.2) is 29.3 Å². The molecule has 0 aromatic heterocycles. The third kappa shape index (κ3) is 8.59. The van der Waals surface area contributed by atoms with Crippen LogP contribution in [0, 0.1) is 5.82 Å². The molecule has 1 rings (SSSR count). The number of unbranched alkanes of at least 4 members (excludes halogenated alkanes) is 1. The molecule has 0 radical (unpaired) electrons. The lowest BCUT2D eigenvalue weighted by molar-refractivity contribution is 0.0689. The molecule has 0 unspecified atom stereocenters. The van der Waals surface area contributed by atoms with Crippen LogP contribution in [-0.4, -0.2) is 46.5 Å². The molecule has 0 spiro atoms. The molecule has 0 heterocycles. The zero-order chi connectivity index (χ0) is 16.0. The second-order valence-electron chi connectivity index (χ2n) is 4.79. The number of nitrogens with one attached hydrogen (secondary N) is 2. The van der Waals surface area contributed by atoms with Gasteiger partial charge in [-0.05, 0) is 30.5 Å². The van der Waals surface area contributed by atoms with Crippen LogP contribution in [0.2, 0.25) is 0 Å². The summed E-state index contributed by atoms with van der Waals surface area (Å²) in [4.78, 5) is 4.14. The lowest BCUT2D eigenvalue weighted by Crippen LogP contribution is -2.37. The van der Waals surface area contributed by atoms with E-state index in [1.54, 1.807) is 20.2 Å². The Labute approximate surface area is 131 Å². The number of benzene rings is 1. The molecule has 0 atom stereocenters. The summed E-state index contributed by atoms with van der Waals surface area (Å²) in [5.74, 6) is 0.486. The van der Waals surface area contributed by atoms with Gasteiger partial charge < -0.3 is 20.1 Å². The van der Waals surface area contributed by atoms with E-state index < -0.39 is 0 Å². The number of ether oxygens (including phenoxy) is 2. The first-order chi connectivity index (χ1) is 10.8. The number of methoxy groups -OCH3 is 1. The maximum Gasteiger partial charge on any atom is 0.191 e. The monoisotopic (exact) mass is 311 g/mol. The SMILES string of the molecule is CN=C(NCCCCOCCOC)NCc1cccc(F)c1. The van der Waals surface area contributed by atoms with Gasteiger partial charge in [0.1, 0.15) is 5.82 Å². The number of hydrogen-bond donors (Lipinski definition) is 2. The highest BCUT2D eigenvalue weighted by molar-refractivity contribution is 5.79. The minimum Gasteiger partial charge on any atom is -0.382 e. The van der Waals surface area contributed by atoms with Gasteiger partial charge in [0.05, 0.1) is 13.2 Å². The molecule has 0 saturated heterocycles. The first-order valence-corrected chi connectivity index (χ1v) is 7.52. The fourth-order valence-electron chi connectivity index (χ4n) is 1.83. The number of rotatable bonds is 10. The van der Waals surface area contributed by atoms with Crippen molar-refractivity contribution in [3.8, 4) is 0 Å². The van der Waals surface area contributed by atoms with Gasteiger partial charge in [-0.3, -0.25) is 4.99 Å². The second-order valence-corrected chi connectivity index (χ2v) is 4.79. The Bertz CT molecular complexity index is 441. The van der Waals surface area contributed by atoms with Gasteiger partial charge in [0.15, 0.2) is 5.96 Å². The smallest absolute Gasteiger partial charge is 0.191 e. The fourth-order valence-corrected chi connectivity index (χ4v) is 1.83. The van der Waals surface area contributed by atoms with Crippen molar-refractivity contribution in [3.05, 3.63) is 35.6 Å². The van der Waals surface area contributed by atoms with Gasteiger partial charge in [-0.2, -0.15) is 0 Å².